The molecule has 0 spiro atoms. The Morgan fingerprint density at radius 1 is 1.05 bits per heavy atom. The van der Waals surface area contributed by atoms with E-state index >= 15 is 0 Å². The van der Waals surface area contributed by atoms with Crippen molar-refractivity contribution in [1.82, 2.24) is 0 Å². The van der Waals surface area contributed by atoms with E-state index in [0.717, 1.165) is 11.1 Å². The van der Waals surface area contributed by atoms with Gasteiger partial charge in [-0.05, 0) is 24.6 Å². The van der Waals surface area contributed by atoms with Crippen molar-refractivity contribution < 1.29 is 8.42 Å². The van der Waals surface area contributed by atoms with Gasteiger partial charge in [-0.1, -0.05) is 48.0 Å². The molecule has 2 aromatic rings. The van der Waals surface area contributed by atoms with Crippen LogP contribution in [0.25, 0.3) is 0 Å². The van der Waals surface area contributed by atoms with E-state index in [2.05, 4.69) is 0 Å². The molecule has 0 bridgehead atoms. The number of hydrogen-bond acceptors (Lipinski definition) is 4. The van der Waals surface area contributed by atoms with Gasteiger partial charge in [-0.2, -0.15) is 0 Å². The Labute approximate surface area is 131 Å². The molecular formula is C17H20N2O2S. The van der Waals surface area contributed by atoms with Crippen molar-refractivity contribution in [2.75, 3.05) is 6.54 Å². The zero-order valence-electron chi connectivity index (χ0n) is 12.4. The van der Waals surface area contributed by atoms with Crippen molar-refractivity contribution in [3.8, 4) is 0 Å². The van der Waals surface area contributed by atoms with E-state index in [1.165, 1.54) is 0 Å². The minimum Gasteiger partial charge on any atom is -0.329 e. The topological polar surface area (TPSA) is 86.2 Å². The molecule has 1 fully saturated rings. The van der Waals surface area contributed by atoms with Crippen LogP contribution in [0.3, 0.4) is 0 Å². The third-order valence-electron chi connectivity index (χ3n) is 4.50. The van der Waals surface area contributed by atoms with Crippen LogP contribution in [-0.4, -0.2) is 25.8 Å². The Morgan fingerprint density at radius 3 is 2.18 bits per heavy atom. The Balaban J connectivity index is 2.02. The van der Waals surface area contributed by atoms with Crippen LogP contribution in [0, 0.1) is 6.92 Å². The average molecular weight is 316 g/mol. The first-order valence-corrected chi connectivity index (χ1v) is 8.80. The highest BCUT2D eigenvalue weighted by Crippen LogP contribution is 2.55. The number of nitrogens with two attached hydrogens (primary N) is 2. The summed E-state index contributed by atoms with van der Waals surface area (Å²) in [5.74, 6) is -0.261. The predicted molar refractivity (Wildman–Crippen MR) is 87.3 cm³/mol. The van der Waals surface area contributed by atoms with Crippen LogP contribution in [0.4, 0.5) is 0 Å². The minimum absolute atomic E-state index is 0.141. The van der Waals surface area contributed by atoms with Gasteiger partial charge < -0.3 is 11.5 Å². The fraction of sp³-hybridized carbons (Fsp3) is 0.294. The zero-order chi connectivity index (χ0) is 16.0. The second-order valence-electron chi connectivity index (χ2n) is 5.98. The molecule has 1 saturated carbocycles. The first kappa shape index (κ1) is 15.2. The van der Waals surface area contributed by atoms with E-state index in [-0.39, 0.29) is 12.5 Å². The fourth-order valence-corrected chi connectivity index (χ4v) is 5.49. The summed E-state index contributed by atoms with van der Waals surface area (Å²) in [6, 6.07) is 16.3. The van der Waals surface area contributed by atoms with Crippen LogP contribution < -0.4 is 11.5 Å². The molecule has 3 atom stereocenters. The van der Waals surface area contributed by atoms with Gasteiger partial charge in [-0.25, -0.2) is 8.42 Å². The maximum Gasteiger partial charge on any atom is 0.183 e. The molecule has 2 aromatic carbocycles. The largest absolute Gasteiger partial charge is 0.329 e. The third-order valence-corrected chi connectivity index (χ3v) is 6.81. The standard InChI is InChI=1S/C17H20N2O2S/c1-12-7-9-13(10-8-12)15-16(17(15,19)11-18)22(20,21)14-5-3-2-4-6-14/h2-10,15-16H,11,18-19H2,1H3/t15-,16+,17-/m1/s1. The van der Waals surface area contributed by atoms with Crippen LogP contribution in [0.5, 0.6) is 0 Å². The van der Waals surface area contributed by atoms with Gasteiger partial charge in [0.2, 0.25) is 0 Å². The zero-order valence-corrected chi connectivity index (χ0v) is 13.3. The van der Waals surface area contributed by atoms with E-state index in [4.69, 9.17) is 11.5 Å². The first-order valence-electron chi connectivity index (χ1n) is 7.26. The SMILES string of the molecule is Cc1ccc([C@@H]2[C@H](S(=O)(=O)c3ccccc3)[C@@]2(N)CN)cc1. The van der Waals surface area contributed by atoms with Crippen molar-refractivity contribution in [2.24, 2.45) is 11.5 Å². The van der Waals surface area contributed by atoms with Crippen molar-refractivity contribution in [3.63, 3.8) is 0 Å². The summed E-state index contributed by atoms with van der Waals surface area (Å²) < 4.78 is 25.8. The van der Waals surface area contributed by atoms with Gasteiger partial charge in [0.05, 0.1) is 15.7 Å². The van der Waals surface area contributed by atoms with Gasteiger partial charge in [0.25, 0.3) is 0 Å². The second kappa shape index (κ2) is 5.19. The van der Waals surface area contributed by atoms with E-state index in [1.807, 2.05) is 31.2 Å². The molecule has 0 radical (unpaired) electrons. The molecule has 0 heterocycles. The molecular weight excluding hydrogens is 296 g/mol. The number of aryl methyl sites for hydroxylation is 1. The minimum atomic E-state index is -3.50. The molecule has 116 valence electrons. The number of sulfone groups is 1. The Morgan fingerprint density at radius 2 is 1.64 bits per heavy atom. The second-order valence-corrected chi connectivity index (χ2v) is 8.05. The summed E-state index contributed by atoms with van der Waals surface area (Å²) in [5, 5.41) is -0.671. The van der Waals surface area contributed by atoms with Gasteiger partial charge in [-0.15, -0.1) is 0 Å². The molecule has 0 aromatic heterocycles. The van der Waals surface area contributed by atoms with Crippen LogP contribution >= 0.6 is 0 Å². The van der Waals surface area contributed by atoms with E-state index < -0.39 is 20.6 Å². The third kappa shape index (κ3) is 2.26. The van der Waals surface area contributed by atoms with Gasteiger partial charge in [0.15, 0.2) is 9.84 Å². The molecule has 0 saturated heterocycles. The van der Waals surface area contributed by atoms with E-state index in [9.17, 15) is 8.42 Å². The Hall–Kier alpha value is -1.69. The van der Waals surface area contributed by atoms with Crippen molar-refractivity contribution in [3.05, 3.63) is 65.7 Å². The highest BCUT2D eigenvalue weighted by atomic mass is 32.2. The monoisotopic (exact) mass is 316 g/mol. The molecule has 0 aliphatic heterocycles. The normalized spacial score (nSPS) is 27.6. The summed E-state index contributed by atoms with van der Waals surface area (Å²) in [6.07, 6.45) is 0. The molecule has 4 N–H and O–H groups in total. The molecule has 5 heteroatoms. The maximum atomic E-state index is 12.9. The van der Waals surface area contributed by atoms with Crippen LogP contribution in [0.1, 0.15) is 17.0 Å². The van der Waals surface area contributed by atoms with Gasteiger partial charge in [0.1, 0.15) is 0 Å². The van der Waals surface area contributed by atoms with E-state index in [1.54, 1.807) is 30.3 Å². The quantitative estimate of drug-likeness (QED) is 0.897. The van der Waals surface area contributed by atoms with Crippen molar-refractivity contribution >= 4 is 9.84 Å². The number of benzene rings is 2. The summed E-state index contributed by atoms with van der Waals surface area (Å²) in [5.41, 5.74) is 13.3. The molecule has 0 unspecified atom stereocenters. The smallest absolute Gasteiger partial charge is 0.183 e. The van der Waals surface area contributed by atoms with Crippen molar-refractivity contribution in [1.29, 1.82) is 0 Å². The number of hydrogen-bond donors (Lipinski definition) is 2. The first-order chi connectivity index (χ1) is 10.4. The Bertz CT molecular complexity index is 772. The fourth-order valence-electron chi connectivity index (χ4n) is 3.15. The lowest BCUT2D eigenvalue weighted by Gasteiger charge is -2.09. The van der Waals surface area contributed by atoms with E-state index in [0.29, 0.717) is 4.90 Å². The van der Waals surface area contributed by atoms with Gasteiger partial charge in [0, 0.05) is 12.5 Å². The lowest BCUT2D eigenvalue weighted by atomic mass is 10.1. The number of rotatable bonds is 4. The van der Waals surface area contributed by atoms with Crippen molar-refractivity contribution in [2.45, 2.75) is 28.5 Å². The average Bonchev–Trinajstić information content (AvgIpc) is 3.17. The van der Waals surface area contributed by atoms with Crippen LogP contribution in [0.2, 0.25) is 0 Å². The lowest BCUT2D eigenvalue weighted by molar-refractivity contribution is 0.586. The molecule has 22 heavy (non-hydrogen) atoms. The highest BCUT2D eigenvalue weighted by molar-refractivity contribution is 7.92. The summed E-state index contributed by atoms with van der Waals surface area (Å²) >= 11 is 0. The molecule has 1 aliphatic rings. The van der Waals surface area contributed by atoms with Gasteiger partial charge in [-0.3, -0.25) is 0 Å². The lowest BCUT2D eigenvalue weighted by Crippen LogP contribution is -2.39. The van der Waals surface area contributed by atoms with Crippen LogP contribution in [-0.2, 0) is 9.84 Å². The van der Waals surface area contributed by atoms with Crippen LogP contribution in [0.15, 0.2) is 59.5 Å². The highest BCUT2D eigenvalue weighted by Gasteiger charge is 2.68. The maximum absolute atomic E-state index is 12.9. The predicted octanol–water partition coefficient (Wildman–Crippen LogP) is 1.59. The summed E-state index contributed by atoms with van der Waals surface area (Å²) in [6.45, 7) is 2.13. The molecule has 4 nitrogen and oxygen atoms in total. The molecule has 0 amide bonds. The Kier molecular flexibility index (Phi) is 3.59. The molecule has 1 aliphatic carbocycles. The van der Waals surface area contributed by atoms with Gasteiger partial charge >= 0.3 is 0 Å². The molecule has 3 rings (SSSR count). The summed E-state index contributed by atoms with van der Waals surface area (Å²) in [7, 11) is -3.50. The summed E-state index contributed by atoms with van der Waals surface area (Å²) in [4.78, 5) is 0.304.